The quantitative estimate of drug-likeness (QED) is 0.529. The van der Waals surface area contributed by atoms with Crippen molar-refractivity contribution in [1.82, 2.24) is 19.4 Å². The number of rotatable bonds is 6. The highest BCUT2D eigenvalue weighted by Gasteiger charge is 2.26. The highest BCUT2D eigenvalue weighted by Crippen LogP contribution is 2.40. The fourth-order valence-electron chi connectivity index (χ4n) is 4.72. The molecule has 1 fully saturated rings. The van der Waals surface area contributed by atoms with Gasteiger partial charge < -0.3 is 25.0 Å². The summed E-state index contributed by atoms with van der Waals surface area (Å²) in [6, 6.07) is 5.92. The lowest BCUT2D eigenvalue weighted by Gasteiger charge is -2.32. The number of aryl methyl sites for hydroxylation is 1. The average molecular weight is 502 g/mol. The maximum atomic E-state index is 12.1. The monoisotopic (exact) mass is 501 g/mol. The molecule has 3 aromatic rings. The Hall–Kier alpha value is -2.49. The largest absolute Gasteiger partial charge is 0.493 e. The summed E-state index contributed by atoms with van der Waals surface area (Å²) < 4.78 is 7.92. The van der Waals surface area contributed by atoms with Crippen LogP contribution in [0.5, 0.6) is 5.75 Å². The molecule has 0 spiro atoms. The summed E-state index contributed by atoms with van der Waals surface area (Å²) in [6.45, 7) is 4.35. The molecule has 2 aliphatic rings. The number of aliphatic hydroxyl groups excluding tert-OH is 1. The molecule has 1 saturated heterocycles. The summed E-state index contributed by atoms with van der Waals surface area (Å²) in [5.74, 6) is 1.60. The molecule has 1 atom stereocenters. The molecule has 10 heteroatoms. The van der Waals surface area contributed by atoms with Gasteiger partial charge in [0.1, 0.15) is 17.4 Å². The number of hydrogen-bond donors (Lipinski definition) is 2. The number of aromatic nitrogens is 3. The van der Waals surface area contributed by atoms with E-state index in [0.29, 0.717) is 42.0 Å². The van der Waals surface area contributed by atoms with Crippen LogP contribution in [0, 0.1) is 5.92 Å². The molecule has 0 aliphatic carbocycles. The molecular formula is C24H28ClN5O3S. The number of carbonyl (C=O) groups excluding carboxylic acids is 1. The number of pyridine rings is 1. The molecule has 8 nitrogen and oxygen atoms in total. The highest BCUT2D eigenvalue weighted by molar-refractivity contribution is 7.99. The molecule has 1 amide bonds. The first-order chi connectivity index (χ1) is 16.4. The minimum atomic E-state index is -0.941. The van der Waals surface area contributed by atoms with Crippen LogP contribution in [0.4, 0.5) is 5.82 Å². The van der Waals surface area contributed by atoms with Crippen LogP contribution in [0.25, 0.3) is 11.0 Å². The van der Waals surface area contributed by atoms with E-state index in [1.54, 1.807) is 11.1 Å². The van der Waals surface area contributed by atoms with Crippen molar-refractivity contribution in [2.24, 2.45) is 5.92 Å². The van der Waals surface area contributed by atoms with Gasteiger partial charge in [0.05, 0.1) is 17.1 Å². The fraction of sp³-hybridized carbons (Fsp3) is 0.458. The van der Waals surface area contributed by atoms with Crippen molar-refractivity contribution < 1.29 is 14.6 Å². The summed E-state index contributed by atoms with van der Waals surface area (Å²) in [7, 11) is 0. The van der Waals surface area contributed by atoms with Crippen molar-refractivity contribution in [3.8, 4) is 5.75 Å². The Balaban J connectivity index is 1.36. The Labute approximate surface area is 207 Å². The van der Waals surface area contributed by atoms with Gasteiger partial charge in [0.2, 0.25) is 0 Å². The topological polar surface area (TPSA) is 106 Å². The molecule has 2 aromatic heterocycles. The van der Waals surface area contributed by atoms with E-state index >= 15 is 0 Å². The first-order valence-electron chi connectivity index (χ1n) is 11.6. The first-order valence-corrected chi connectivity index (χ1v) is 12.8. The second-order valence-electron chi connectivity index (χ2n) is 8.93. The number of nitrogens with zero attached hydrogens (tertiary/aromatic N) is 4. The Morgan fingerprint density at radius 2 is 2.18 bits per heavy atom. The molecule has 34 heavy (non-hydrogen) atoms. The average Bonchev–Trinajstić information content (AvgIpc) is 3.42. The number of likely N-dealkylation sites (tertiary alicyclic amines) is 1. The number of hydrogen-bond acceptors (Lipinski definition) is 7. The number of amides is 1. The third-order valence-corrected chi connectivity index (χ3v) is 8.13. The Kier molecular flexibility index (Phi) is 6.59. The molecule has 3 N–H and O–H groups in total. The summed E-state index contributed by atoms with van der Waals surface area (Å²) in [5, 5.41) is 11.1. The number of imidazole rings is 1. The van der Waals surface area contributed by atoms with Crippen molar-refractivity contribution >= 4 is 46.1 Å². The fourth-order valence-corrected chi connectivity index (χ4v) is 5.97. The molecule has 0 bridgehead atoms. The van der Waals surface area contributed by atoms with Gasteiger partial charge in [-0.05, 0) is 67.6 Å². The highest BCUT2D eigenvalue weighted by atomic mass is 35.5. The lowest BCUT2D eigenvalue weighted by atomic mass is 9.93. The number of nitrogens with two attached hydrogens (primary N) is 1. The molecule has 5 rings (SSSR count). The minimum Gasteiger partial charge on any atom is -0.493 e. The molecule has 180 valence electrons. The third-order valence-electron chi connectivity index (χ3n) is 6.65. The van der Waals surface area contributed by atoms with Crippen LogP contribution in [0.3, 0.4) is 0 Å². The van der Waals surface area contributed by atoms with E-state index in [2.05, 4.69) is 9.55 Å². The van der Waals surface area contributed by atoms with Crippen molar-refractivity contribution in [3.05, 3.63) is 35.0 Å². The van der Waals surface area contributed by atoms with E-state index in [1.807, 2.05) is 18.2 Å². The van der Waals surface area contributed by atoms with Gasteiger partial charge in [-0.25, -0.2) is 9.97 Å². The van der Waals surface area contributed by atoms with E-state index in [4.69, 9.17) is 27.1 Å². The van der Waals surface area contributed by atoms with Crippen molar-refractivity contribution in [1.29, 1.82) is 0 Å². The predicted octanol–water partition coefficient (Wildman–Crippen LogP) is 3.76. The second-order valence-corrected chi connectivity index (χ2v) is 10.4. The van der Waals surface area contributed by atoms with Crippen molar-refractivity contribution in [2.75, 3.05) is 25.4 Å². The number of carbonyl (C=O) groups is 1. The zero-order chi connectivity index (χ0) is 23.8. The number of anilines is 1. The number of fused-ring (bicyclic) bond motifs is 2. The maximum absolute atomic E-state index is 12.1. The van der Waals surface area contributed by atoms with Crippen LogP contribution in [0.1, 0.15) is 31.7 Å². The molecule has 0 saturated carbocycles. The number of benzene rings is 1. The van der Waals surface area contributed by atoms with Gasteiger partial charge in [0.15, 0.2) is 11.0 Å². The van der Waals surface area contributed by atoms with Crippen LogP contribution >= 0.6 is 23.4 Å². The first kappa shape index (κ1) is 23.3. The van der Waals surface area contributed by atoms with Gasteiger partial charge >= 0.3 is 0 Å². The molecular weight excluding hydrogens is 474 g/mol. The third kappa shape index (κ3) is 4.56. The summed E-state index contributed by atoms with van der Waals surface area (Å²) in [5.41, 5.74) is 8.92. The number of piperidine rings is 1. The summed E-state index contributed by atoms with van der Waals surface area (Å²) >= 11 is 8.11. The van der Waals surface area contributed by atoms with E-state index in [0.717, 1.165) is 59.1 Å². The van der Waals surface area contributed by atoms with Crippen LogP contribution < -0.4 is 10.5 Å². The number of halogens is 1. The van der Waals surface area contributed by atoms with Gasteiger partial charge in [-0.15, -0.1) is 0 Å². The lowest BCUT2D eigenvalue weighted by molar-refractivity contribution is -0.140. The lowest BCUT2D eigenvalue weighted by Crippen LogP contribution is -2.43. The van der Waals surface area contributed by atoms with E-state index in [1.165, 1.54) is 18.7 Å². The van der Waals surface area contributed by atoms with Gasteiger partial charge in [-0.2, -0.15) is 0 Å². The van der Waals surface area contributed by atoms with Gasteiger partial charge in [0, 0.05) is 37.1 Å². The molecule has 0 unspecified atom stereocenters. The zero-order valence-electron chi connectivity index (χ0n) is 19.0. The smallest absolute Gasteiger partial charge is 0.251 e. The molecule has 4 heterocycles. The zero-order valence-corrected chi connectivity index (χ0v) is 20.6. The van der Waals surface area contributed by atoms with Crippen LogP contribution in [-0.4, -0.2) is 56.2 Å². The molecule has 2 aliphatic heterocycles. The van der Waals surface area contributed by atoms with Gasteiger partial charge in [0.25, 0.3) is 5.91 Å². The normalized spacial score (nSPS) is 17.1. The Bertz CT molecular complexity index is 1220. The Morgan fingerprint density at radius 1 is 1.38 bits per heavy atom. The number of ether oxygens (including phenoxy) is 1. The van der Waals surface area contributed by atoms with E-state index in [-0.39, 0.29) is 5.91 Å². The van der Waals surface area contributed by atoms with Crippen molar-refractivity contribution in [2.45, 2.75) is 55.3 Å². The van der Waals surface area contributed by atoms with E-state index < -0.39 is 6.10 Å². The molecule has 1 aromatic carbocycles. The molecule has 0 radical (unpaired) electrons. The standard InChI is InChI=1S/C24H28ClN5O3S/c1-14(31)23(32)29-8-3-15(4-9-29)5-10-30-18-2-7-27-22(26)21(18)28-24(30)34-20-13-19-16(6-11-33-19)12-17(20)25/h2,7,12-15,31H,3-6,8-11H2,1H3,(H2,26,27)/t14-/m1/s1. The summed E-state index contributed by atoms with van der Waals surface area (Å²) in [4.78, 5) is 23.8. The van der Waals surface area contributed by atoms with Crippen LogP contribution in [0.15, 0.2) is 34.4 Å². The number of aliphatic hydroxyl groups is 1. The minimum absolute atomic E-state index is 0.184. The van der Waals surface area contributed by atoms with Crippen LogP contribution in [0.2, 0.25) is 5.02 Å². The second kappa shape index (κ2) is 9.64. The maximum Gasteiger partial charge on any atom is 0.251 e. The van der Waals surface area contributed by atoms with Crippen LogP contribution in [-0.2, 0) is 17.8 Å². The summed E-state index contributed by atoms with van der Waals surface area (Å²) in [6.07, 6.45) is 4.45. The Morgan fingerprint density at radius 3 is 2.94 bits per heavy atom. The van der Waals surface area contributed by atoms with Gasteiger partial charge in [-0.3, -0.25) is 4.79 Å². The SMILES string of the molecule is C[C@@H](O)C(=O)N1CCC(CCn2c(Sc3cc4c(cc3Cl)CCO4)nc3c(N)nccc32)CC1. The number of nitrogen functional groups attached to an aromatic ring is 1. The van der Waals surface area contributed by atoms with Gasteiger partial charge in [-0.1, -0.05) is 11.6 Å². The predicted molar refractivity (Wildman–Crippen MR) is 132 cm³/mol. The van der Waals surface area contributed by atoms with Crippen molar-refractivity contribution in [3.63, 3.8) is 0 Å². The van der Waals surface area contributed by atoms with E-state index in [9.17, 15) is 9.90 Å².